The van der Waals surface area contributed by atoms with E-state index in [-0.39, 0.29) is 0 Å². The minimum atomic E-state index is -1.36. The molecule has 3 heteroatoms. The lowest BCUT2D eigenvalue weighted by Gasteiger charge is -2.02. The van der Waals surface area contributed by atoms with Crippen molar-refractivity contribution in [3.05, 3.63) is 40.9 Å². The van der Waals surface area contributed by atoms with E-state index in [1.165, 1.54) is 0 Å². The van der Waals surface area contributed by atoms with Gasteiger partial charge in [-0.25, -0.2) is 0 Å². The van der Waals surface area contributed by atoms with E-state index in [0.29, 0.717) is 5.47 Å². The molecule has 1 rings (SSSR count). The average Bonchev–Trinajstić information content (AvgIpc) is 2.24. The Balaban J connectivity index is 0.000000921. The van der Waals surface area contributed by atoms with Crippen molar-refractivity contribution in [2.24, 2.45) is 0 Å². The highest BCUT2D eigenvalue weighted by atomic mass is 16.4. The van der Waals surface area contributed by atoms with Crippen LogP contribution in [-0.4, -0.2) is 17.2 Å². The van der Waals surface area contributed by atoms with Crippen molar-refractivity contribution in [1.82, 2.24) is 0 Å². The minimum absolute atomic E-state index is 0.550. The molecule has 1 aromatic carbocycles. The largest absolute Gasteiger partial charge is 0.483 e. The van der Waals surface area contributed by atoms with Crippen LogP contribution in [0.3, 0.4) is 0 Å². The molecule has 0 atom stereocenters. The van der Waals surface area contributed by atoms with Crippen LogP contribution in [0.2, 0.25) is 0 Å². The molecule has 0 amide bonds. The van der Waals surface area contributed by atoms with Crippen molar-refractivity contribution in [2.75, 3.05) is 0 Å². The summed E-state index contributed by atoms with van der Waals surface area (Å²) in [6.07, 6.45) is 1.78. The molecule has 0 heterocycles. The van der Waals surface area contributed by atoms with Crippen molar-refractivity contribution >= 4 is 13.2 Å². The SMILES string of the molecule is C/C(=C\c1ccccc1C)B(O)O.CC. The lowest BCUT2D eigenvalue weighted by atomic mass is 9.79. The summed E-state index contributed by atoms with van der Waals surface area (Å²) in [6, 6.07) is 7.82. The van der Waals surface area contributed by atoms with E-state index in [9.17, 15) is 0 Å². The summed E-state index contributed by atoms with van der Waals surface area (Å²) >= 11 is 0. The van der Waals surface area contributed by atoms with Crippen LogP contribution in [0, 0.1) is 6.92 Å². The minimum Gasteiger partial charge on any atom is -0.423 e. The van der Waals surface area contributed by atoms with Gasteiger partial charge in [-0.05, 0) is 30.4 Å². The predicted octanol–water partition coefficient (Wildman–Crippen LogP) is 2.44. The average molecular weight is 206 g/mol. The second kappa shape index (κ2) is 7.26. The number of allylic oxidation sites excluding steroid dienone is 1. The van der Waals surface area contributed by atoms with Crippen LogP contribution >= 0.6 is 0 Å². The van der Waals surface area contributed by atoms with Gasteiger partial charge in [0.15, 0.2) is 0 Å². The predicted molar refractivity (Wildman–Crippen MR) is 66.4 cm³/mol. The Bertz CT molecular complexity index is 319. The molecule has 0 unspecified atom stereocenters. The zero-order chi connectivity index (χ0) is 11.8. The molecular formula is C12H19BO2. The first kappa shape index (κ1) is 13.9. The van der Waals surface area contributed by atoms with Gasteiger partial charge in [-0.2, -0.15) is 0 Å². The quantitative estimate of drug-likeness (QED) is 0.729. The Hall–Kier alpha value is -1.06. The monoisotopic (exact) mass is 206 g/mol. The molecule has 0 saturated carbocycles. The van der Waals surface area contributed by atoms with Gasteiger partial charge in [0, 0.05) is 0 Å². The van der Waals surface area contributed by atoms with E-state index in [2.05, 4.69) is 0 Å². The van der Waals surface area contributed by atoms with Gasteiger partial charge < -0.3 is 10.0 Å². The van der Waals surface area contributed by atoms with Crippen molar-refractivity contribution in [1.29, 1.82) is 0 Å². The van der Waals surface area contributed by atoms with Crippen LogP contribution in [0.4, 0.5) is 0 Å². The summed E-state index contributed by atoms with van der Waals surface area (Å²) in [5.74, 6) is 0. The van der Waals surface area contributed by atoms with Gasteiger partial charge in [-0.1, -0.05) is 44.2 Å². The topological polar surface area (TPSA) is 40.5 Å². The third kappa shape index (κ3) is 4.82. The molecule has 2 N–H and O–H groups in total. The molecule has 0 bridgehead atoms. The molecule has 0 saturated heterocycles. The molecule has 1 aromatic rings. The Morgan fingerprint density at radius 2 is 1.73 bits per heavy atom. The number of aryl methyl sites for hydroxylation is 1. The normalized spacial score (nSPS) is 10.4. The maximum Gasteiger partial charge on any atom is 0.483 e. The fraction of sp³-hybridized carbons (Fsp3) is 0.333. The zero-order valence-corrected chi connectivity index (χ0v) is 9.86. The first-order valence-corrected chi connectivity index (χ1v) is 5.21. The van der Waals surface area contributed by atoms with Crippen LogP contribution in [0.15, 0.2) is 29.7 Å². The second-order valence-electron chi connectivity index (χ2n) is 3.12. The molecule has 82 valence electrons. The van der Waals surface area contributed by atoms with Crippen LogP contribution in [0.5, 0.6) is 0 Å². The maximum absolute atomic E-state index is 8.86. The van der Waals surface area contributed by atoms with Gasteiger partial charge in [0.05, 0.1) is 0 Å². The van der Waals surface area contributed by atoms with Crippen LogP contribution < -0.4 is 0 Å². The third-order valence-electron chi connectivity index (χ3n) is 1.98. The Labute approximate surface area is 92.4 Å². The van der Waals surface area contributed by atoms with E-state index in [1.54, 1.807) is 13.0 Å². The van der Waals surface area contributed by atoms with Gasteiger partial charge in [0.1, 0.15) is 0 Å². The summed E-state index contributed by atoms with van der Waals surface area (Å²) in [6.45, 7) is 7.68. The Morgan fingerprint density at radius 3 is 2.20 bits per heavy atom. The fourth-order valence-corrected chi connectivity index (χ4v) is 1.07. The number of rotatable bonds is 2. The molecule has 0 aromatic heterocycles. The van der Waals surface area contributed by atoms with Crippen LogP contribution in [-0.2, 0) is 0 Å². The van der Waals surface area contributed by atoms with E-state index in [1.807, 2.05) is 45.0 Å². The van der Waals surface area contributed by atoms with E-state index >= 15 is 0 Å². The summed E-state index contributed by atoms with van der Waals surface area (Å²) in [5.41, 5.74) is 2.70. The van der Waals surface area contributed by atoms with Gasteiger partial charge in [0.25, 0.3) is 0 Å². The molecule has 0 aliphatic heterocycles. The number of benzene rings is 1. The number of hydrogen-bond acceptors (Lipinski definition) is 2. The molecular weight excluding hydrogens is 187 g/mol. The molecule has 15 heavy (non-hydrogen) atoms. The van der Waals surface area contributed by atoms with Crippen molar-refractivity contribution < 1.29 is 10.0 Å². The second-order valence-corrected chi connectivity index (χ2v) is 3.12. The number of hydrogen-bond donors (Lipinski definition) is 2. The summed E-state index contributed by atoms with van der Waals surface area (Å²) in [7, 11) is -1.36. The van der Waals surface area contributed by atoms with E-state index in [4.69, 9.17) is 10.0 Å². The molecule has 0 fully saturated rings. The highest BCUT2D eigenvalue weighted by Crippen LogP contribution is 2.11. The molecule has 0 aliphatic carbocycles. The molecule has 0 radical (unpaired) electrons. The Morgan fingerprint density at radius 1 is 1.20 bits per heavy atom. The van der Waals surface area contributed by atoms with E-state index in [0.717, 1.165) is 11.1 Å². The van der Waals surface area contributed by atoms with Gasteiger partial charge in [0.2, 0.25) is 0 Å². The van der Waals surface area contributed by atoms with Gasteiger partial charge >= 0.3 is 7.12 Å². The lowest BCUT2D eigenvalue weighted by Crippen LogP contribution is -2.12. The smallest absolute Gasteiger partial charge is 0.423 e. The standard InChI is InChI=1S/C10H13BO2.C2H6/c1-8-5-3-4-6-10(8)7-9(2)11(12)13;1-2/h3-7,12-13H,1-2H3;1-2H3/b9-7+;. The highest BCUT2D eigenvalue weighted by molar-refractivity contribution is 6.51. The van der Waals surface area contributed by atoms with Crippen molar-refractivity contribution in [3.63, 3.8) is 0 Å². The molecule has 2 nitrogen and oxygen atoms in total. The van der Waals surface area contributed by atoms with Crippen molar-refractivity contribution in [2.45, 2.75) is 27.7 Å². The summed E-state index contributed by atoms with van der Waals surface area (Å²) in [5, 5.41) is 17.7. The maximum atomic E-state index is 8.86. The molecule has 0 aliphatic rings. The lowest BCUT2D eigenvalue weighted by molar-refractivity contribution is 0.419. The zero-order valence-electron chi connectivity index (χ0n) is 9.86. The first-order valence-electron chi connectivity index (χ1n) is 5.21. The van der Waals surface area contributed by atoms with Crippen LogP contribution in [0.25, 0.3) is 6.08 Å². The van der Waals surface area contributed by atoms with Gasteiger partial charge in [-0.15, -0.1) is 0 Å². The van der Waals surface area contributed by atoms with E-state index < -0.39 is 7.12 Å². The van der Waals surface area contributed by atoms with Gasteiger partial charge in [-0.3, -0.25) is 0 Å². The van der Waals surface area contributed by atoms with Crippen molar-refractivity contribution in [3.8, 4) is 0 Å². The highest BCUT2D eigenvalue weighted by Gasteiger charge is 2.08. The summed E-state index contributed by atoms with van der Waals surface area (Å²) < 4.78 is 0. The van der Waals surface area contributed by atoms with Crippen LogP contribution in [0.1, 0.15) is 31.9 Å². The fourth-order valence-electron chi connectivity index (χ4n) is 1.07. The molecule has 0 spiro atoms. The third-order valence-corrected chi connectivity index (χ3v) is 1.98. The first-order chi connectivity index (χ1) is 7.11. The Kier molecular flexibility index (Phi) is 6.75. The summed E-state index contributed by atoms with van der Waals surface area (Å²) in [4.78, 5) is 0.